The molecule has 12 aromatic rings. The van der Waals surface area contributed by atoms with Gasteiger partial charge in [0.2, 0.25) is 0 Å². The van der Waals surface area contributed by atoms with Crippen molar-refractivity contribution in [3.05, 3.63) is 318 Å². The van der Waals surface area contributed by atoms with Crippen molar-refractivity contribution >= 4 is 137 Å². The van der Waals surface area contributed by atoms with Gasteiger partial charge in [0.25, 0.3) is 70.9 Å². The van der Waals surface area contributed by atoms with E-state index in [-0.39, 0.29) is 37.9 Å². The Morgan fingerprint density at radius 3 is 0.556 bits per heavy atom. The topological polar surface area (TPSA) is 224 Å². The van der Waals surface area contributed by atoms with Crippen molar-refractivity contribution in [3.63, 3.8) is 0 Å². The highest BCUT2D eigenvalue weighted by molar-refractivity contribution is 6.46. The molecular weight excluding hydrogens is 1550 g/mol. The quantitative estimate of drug-likeness (QED) is 0.142. The van der Waals surface area contributed by atoms with Crippen LogP contribution in [0.5, 0.6) is 0 Å². The lowest BCUT2D eigenvalue weighted by atomic mass is 9.80. The normalized spacial score (nSPS) is 15.4. The van der Waals surface area contributed by atoms with Gasteiger partial charge in [-0.3, -0.25) is 57.5 Å². The molecule has 0 unspecified atom stereocenters. The van der Waals surface area contributed by atoms with E-state index in [1.54, 1.807) is 109 Å². The number of anilines is 6. The van der Waals surface area contributed by atoms with E-state index >= 15 is 0 Å². The summed E-state index contributed by atoms with van der Waals surface area (Å²) in [4.78, 5) is 175. The number of hydrogen-bond donors (Lipinski definition) is 0. The van der Waals surface area contributed by atoms with E-state index in [4.69, 9.17) is 0 Å². The lowest BCUT2D eigenvalue weighted by Crippen LogP contribution is -2.44. The molecule has 6 aliphatic heterocycles. The lowest BCUT2D eigenvalue weighted by molar-refractivity contribution is 0.0872. The third-order valence-corrected chi connectivity index (χ3v) is 24.4. The molecule has 0 atom stereocenters. The second kappa shape index (κ2) is 29.0. The van der Waals surface area contributed by atoms with Crippen molar-refractivity contribution in [1.29, 1.82) is 0 Å². The number of nitrogens with zero attached hydrogens (tertiary/aromatic N) is 6. The van der Waals surface area contributed by atoms with E-state index in [1.807, 2.05) is 180 Å². The van der Waals surface area contributed by atoms with Gasteiger partial charge in [-0.2, -0.15) is 0 Å². The monoisotopic (exact) mass is 1650 g/mol. The fourth-order valence-corrected chi connectivity index (χ4v) is 18.1. The molecular formula is C106H98N6O12. The molecule has 0 aromatic heterocycles. The molecule has 0 bridgehead atoms. The van der Waals surface area contributed by atoms with Crippen LogP contribution in [-0.4, -0.2) is 70.9 Å². The Bertz CT molecular complexity index is 6500. The molecule has 6 heterocycles. The van der Waals surface area contributed by atoms with Gasteiger partial charge in [-0.25, -0.2) is 29.4 Å². The summed E-state index contributed by atoms with van der Waals surface area (Å²) in [5, 5.41) is 2.17. The number of carbonyl (C=O) groups is 12. The van der Waals surface area contributed by atoms with Gasteiger partial charge in [0.15, 0.2) is 0 Å². The number of imide groups is 6. The first-order chi connectivity index (χ1) is 58.0. The van der Waals surface area contributed by atoms with Gasteiger partial charge in [-0.15, -0.1) is 0 Å². The second-order valence-corrected chi connectivity index (χ2v) is 40.0. The van der Waals surface area contributed by atoms with Crippen LogP contribution in [0.3, 0.4) is 0 Å². The minimum absolute atomic E-state index is 0.172. The van der Waals surface area contributed by atoms with Gasteiger partial charge in [0.05, 0.1) is 34.1 Å². The molecule has 0 fully saturated rings. The third-order valence-electron chi connectivity index (χ3n) is 24.4. The summed E-state index contributed by atoms with van der Waals surface area (Å²) in [5.74, 6) is -5.69. The van der Waals surface area contributed by atoms with Gasteiger partial charge in [-0.1, -0.05) is 242 Å². The molecule has 18 rings (SSSR count). The molecule has 0 N–H and O–H groups in total. The number of hydrogen-bond acceptors (Lipinski definition) is 12. The van der Waals surface area contributed by atoms with Crippen LogP contribution in [0, 0.1) is 0 Å². The molecule has 0 saturated heterocycles. The Morgan fingerprint density at radius 1 is 0.161 bits per heavy atom. The van der Waals surface area contributed by atoms with E-state index in [0.717, 1.165) is 38.9 Å². The highest BCUT2D eigenvalue weighted by Crippen LogP contribution is 2.50. The summed E-state index contributed by atoms with van der Waals surface area (Å²) < 4.78 is 0. The fourth-order valence-electron chi connectivity index (χ4n) is 18.1. The molecule has 0 spiro atoms. The maximum Gasteiger partial charge on any atom is 0.265 e. The zero-order chi connectivity index (χ0) is 89.5. The van der Waals surface area contributed by atoms with Crippen LogP contribution in [-0.2, 0) is 37.9 Å². The summed E-state index contributed by atoms with van der Waals surface area (Å²) >= 11 is 0. The Hall–Kier alpha value is -13.7. The average molecular weight is 1650 g/mol. The van der Waals surface area contributed by atoms with E-state index in [1.165, 1.54) is 29.4 Å². The average Bonchev–Trinajstić information content (AvgIpc) is 0.712. The molecule has 0 aliphatic carbocycles. The molecule has 18 nitrogen and oxygen atoms in total. The number of para-hydroxylation sites is 4. The van der Waals surface area contributed by atoms with Gasteiger partial charge >= 0.3 is 0 Å². The largest absolute Gasteiger partial charge is 0.268 e. The Balaban J connectivity index is 0.000000138. The van der Waals surface area contributed by atoms with E-state index in [9.17, 15) is 57.5 Å². The zero-order valence-corrected chi connectivity index (χ0v) is 73.8. The summed E-state index contributed by atoms with van der Waals surface area (Å²) in [7, 11) is 0. The van der Waals surface area contributed by atoms with E-state index in [0.29, 0.717) is 133 Å². The van der Waals surface area contributed by atoms with Crippen molar-refractivity contribution in [2.75, 3.05) is 29.4 Å². The number of amides is 12. The van der Waals surface area contributed by atoms with Crippen LogP contribution in [0.4, 0.5) is 34.1 Å². The summed E-state index contributed by atoms with van der Waals surface area (Å²) in [6.07, 6.45) is 0. The molecule has 12 aromatic carbocycles. The third kappa shape index (κ3) is 13.4. The SMILES string of the molecule is CC(C)(C)c1ccc(C(C)(C)C)c(N2C(=O)c3ccc4c5c(ccc(c35)C2=O)C(=O)N(c2ccccc2C(C)(C)C)C4=O)c1.CC(C)(C)c1cccc(N2C(=O)c3ccc4c5c(ccc(c35)C2=O)C(=O)N(c2ccccc2C(C)(C)C)C4=O)c1.CC(C)(C)c1ccccc1N1C(=O)c2ccc3c4c(ccc(c24)C1=O)C(=O)N(c1ccccc1C(C)(C)C)C3=O. The molecule has 6 aliphatic rings. The first-order valence-electron chi connectivity index (χ1n) is 41.8. The van der Waals surface area contributed by atoms with Crippen LogP contribution in [0.15, 0.2) is 212 Å². The second-order valence-electron chi connectivity index (χ2n) is 40.0. The first-order valence-corrected chi connectivity index (χ1v) is 41.8. The van der Waals surface area contributed by atoms with Gasteiger partial charge < -0.3 is 0 Å². The van der Waals surface area contributed by atoms with Gasteiger partial charge in [0.1, 0.15) is 0 Å². The van der Waals surface area contributed by atoms with Crippen LogP contribution >= 0.6 is 0 Å². The van der Waals surface area contributed by atoms with Crippen molar-refractivity contribution in [2.24, 2.45) is 0 Å². The van der Waals surface area contributed by atoms with E-state index in [2.05, 4.69) is 68.4 Å². The highest BCUT2D eigenvalue weighted by atomic mass is 16.2. The standard InChI is InChI=1S/C38H38N2O4.2C34H30N2O4/c1-36(2,3)21-14-19-27(38(7,8)9)29(20-21)40-34(43)24-17-15-22-30-23(16-18-25(31(24)30)35(40)44)33(42)39(32(22)41)28-13-11-10-12-26(28)37(4,5)6;1-33(2,3)23-11-7-9-13-25(23)35-29(37)19-15-17-21-28-22(18-16-20(27(19)28)30(35)38)32(40)36(31(21)39)26-14-10-8-12-24(26)34(4,5)6;1-33(2,3)19-10-9-11-20(18-19)35-29(37)21-14-16-23-28-24(17-15-22(27(21)28)30(35)38)32(40)36(31(23)39)26-13-8-7-12-25(26)34(4,5)6/h10-20H,1-9H3;2*7-18H,1-6H3. The predicted octanol–water partition coefficient (Wildman–Crippen LogP) is 22.4. The van der Waals surface area contributed by atoms with Crippen molar-refractivity contribution < 1.29 is 57.5 Å². The predicted molar refractivity (Wildman–Crippen MR) is 488 cm³/mol. The number of carbonyl (C=O) groups excluding carboxylic acids is 12. The van der Waals surface area contributed by atoms with Crippen molar-refractivity contribution in [2.45, 2.75) is 183 Å². The highest BCUT2D eigenvalue weighted by Gasteiger charge is 2.48. The molecule has 12 amide bonds. The summed E-state index contributed by atoms with van der Waals surface area (Å²) in [6.45, 7) is 43.1. The molecule has 0 radical (unpaired) electrons. The lowest BCUT2D eigenvalue weighted by Gasteiger charge is -2.35. The Labute approximate surface area is 721 Å². The minimum atomic E-state index is -0.479. The summed E-state index contributed by atoms with van der Waals surface area (Å²) in [6, 6.07) is 62.4. The molecule has 624 valence electrons. The Morgan fingerprint density at radius 2 is 0.347 bits per heavy atom. The Kier molecular flexibility index (Phi) is 19.6. The maximum absolute atomic E-state index is 14.3. The number of benzene rings is 12. The first kappa shape index (κ1) is 83.9. The van der Waals surface area contributed by atoms with Crippen LogP contribution < -0.4 is 29.4 Å². The van der Waals surface area contributed by atoms with Crippen LogP contribution in [0.25, 0.3) is 32.3 Å². The van der Waals surface area contributed by atoms with Gasteiger partial charge in [-0.05, 0) is 192 Å². The summed E-state index contributed by atoms with van der Waals surface area (Å²) in [5.41, 5.74) is 11.0. The van der Waals surface area contributed by atoms with Crippen LogP contribution in [0.1, 0.15) is 309 Å². The fraction of sp³-hybridized carbons (Fsp3) is 0.264. The zero-order valence-electron chi connectivity index (χ0n) is 73.8. The van der Waals surface area contributed by atoms with Crippen LogP contribution in [0.2, 0.25) is 0 Å². The molecule has 18 heteroatoms. The smallest absolute Gasteiger partial charge is 0.265 e. The number of rotatable bonds is 6. The van der Waals surface area contributed by atoms with E-state index < -0.39 is 70.9 Å². The van der Waals surface area contributed by atoms with Gasteiger partial charge in [0, 0.05) is 99.1 Å². The minimum Gasteiger partial charge on any atom is -0.268 e. The molecule has 0 saturated carbocycles. The van der Waals surface area contributed by atoms with Crippen molar-refractivity contribution in [1.82, 2.24) is 0 Å². The van der Waals surface area contributed by atoms with Crippen molar-refractivity contribution in [3.8, 4) is 0 Å². The molecule has 124 heavy (non-hydrogen) atoms. The maximum atomic E-state index is 14.3.